The van der Waals surface area contributed by atoms with Crippen molar-refractivity contribution in [2.45, 2.75) is 6.92 Å². The highest BCUT2D eigenvalue weighted by Crippen LogP contribution is 2.09. The molecule has 50 valence electrons. The van der Waals surface area contributed by atoms with Crippen molar-refractivity contribution < 1.29 is 0 Å². The zero-order chi connectivity index (χ0) is 6.85. The average Bonchev–Trinajstić information content (AvgIpc) is 1.59. The van der Waals surface area contributed by atoms with Crippen LogP contribution in [0.1, 0.15) is 6.92 Å². The van der Waals surface area contributed by atoms with Gasteiger partial charge in [-0.15, -0.1) is 0 Å². The first-order valence-corrected chi connectivity index (χ1v) is 3.22. The molecule has 9 heavy (non-hydrogen) atoms. The van der Waals surface area contributed by atoms with Gasteiger partial charge in [0.2, 0.25) is 0 Å². The molecule has 0 bridgehead atoms. The highest BCUT2D eigenvalue weighted by molar-refractivity contribution is 5.25. The van der Waals surface area contributed by atoms with E-state index in [-0.39, 0.29) is 0 Å². The van der Waals surface area contributed by atoms with Crippen LogP contribution in [-0.4, -0.2) is 25.0 Å². The zero-order valence-electron chi connectivity index (χ0n) is 6.15. The Labute approximate surface area is 56.7 Å². The maximum absolute atomic E-state index is 3.90. The van der Waals surface area contributed by atoms with Crippen molar-refractivity contribution in [2.75, 3.05) is 20.1 Å². The van der Waals surface area contributed by atoms with Gasteiger partial charge in [0.1, 0.15) is 0 Å². The summed E-state index contributed by atoms with van der Waals surface area (Å²) in [5, 5.41) is 0. The number of likely N-dealkylation sites (N-methyl/N-ethyl adjacent to an activating group) is 1. The Balaban J connectivity index is 2.67. The Bertz CT molecular complexity index is 156. The Hall–Kier alpha value is -0.560. The Morgan fingerprint density at radius 1 is 1.56 bits per heavy atom. The van der Waals surface area contributed by atoms with Crippen LogP contribution in [0.5, 0.6) is 0 Å². The second kappa shape index (κ2) is 2.36. The second-order valence-corrected chi connectivity index (χ2v) is 2.82. The van der Waals surface area contributed by atoms with Gasteiger partial charge in [-0.3, -0.25) is 4.90 Å². The summed E-state index contributed by atoms with van der Waals surface area (Å²) in [5.74, 6) is 0. The van der Waals surface area contributed by atoms with E-state index in [1.165, 1.54) is 11.1 Å². The number of nitrogens with zero attached hydrogens (tertiary/aromatic N) is 1. The molecule has 1 heteroatoms. The smallest absolute Gasteiger partial charge is 0.0228 e. The van der Waals surface area contributed by atoms with Crippen LogP contribution in [0.4, 0.5) is 0 Å². The summed E-state index contributed by atoms with van der Waals surface area (Å²) in [6, 6.07) is 0. The molecule has 1 rings (SSSR count). The molecule has 0 aromatic heterocycles. The Kier molecular flexibility index (Phi) is 1.72. The molecule has 0 N–H and O–H groups in total. The molecule has 1 nitrogen and oxygen atoms in total. The van der Waals surface area contributed by atoms with Gasteiger partial charge in [-0.2, -0.15) is 0 Å². The molecular formula is C8H13N. The molecule has 0 saturated heterocycles. The van der Waals surface area contributed by atoms with Crippen molar-refractivity contribution >= 4 is 0 Å². The van der Waals surface area contributed by atoms with Gasteiger partial charge in [-0.1, -0.05) is 18.2 Å². The Morgan fingerprint density at radius 3 is 2.67 bits per heavy atom. The third kappa shape index (κ3) is 1.68. The van der Waals surface area contributed by atoms with Crippen molar-refractivity contribution in [3.8, 4) is 0 Å². The van der Waals surface area contributed by atoms with Crippen molar-refractivity contribution in [3.05, 3.63) is 23.8 Å². The maximum Gasteiger partial charge on any atom is 0.0228 e. The SMILES string of the molecule is C=C1C=C(C)CN(C)C1. The maximum atomic E-state index is 3.90. The summed E-state index contributed by atoms with van der Waals surface area (Å²) in [5.41, 5.74) is 2.63. The summed E-state index contributed by atoms with van der Waals surface area (Å²) in [6.45, 7) is 8.16. The quantitative estimate of drug-likeness (QED) is 0.471. The van der Waals surface area contributed by atoms with Crippen LogP contribution in [0.3, 0.4) is 0 Å². The zero-order valence-corrected chi connectivity index (χ0v) is 6.15. The molecule has 1 aliphatic rings. The molecular weight excluding hydrogens is 110 g/mol. The van der Waals surface area contributed by atoms with E-state index in [2.05, 4.69) is 31.5 Å². The fraction of sp³-hybridized carbons (Fsp3) is 0.500. The molecule has 0 aromatic carbocycles. The third-order valence-electron chi connectivity index (χ3n) is 1.44. The normalized spacial score (nSPS) is 22.0. The van der Waals surface area contributed by atoms with Crippen LogP contribution in [0.2, 0.25) is 0 Å². The topological polar surface area (TPSA) is 3.24 Å². The van der Waals surface area contributed by atoms with Crippen molar-refractivity contribution in [1.82, 2.24) is 4.90 Å². The molecule has 1 heterocycles. The van der Waals surface area contributed by atoms with Gasteiger partial charge < -0.3 is 0 Å². The predicted molar refractivity (Wildman–Crippen MR) is 40.4 cm³/mol. The van der Waals surface area contributed by atoms with Gasteiger partial charge in [0, 0.05) is 13.1 Å². The van der Waals surface area contributed by atoms with Gasteiger partial charge in [-0.25, -0.2) is 0 Å². The number of hydrogen-bond acceptors (Lipinski definition) is 1. The van der Waals surface area contributed by atoms with Crippen LogP contribution < -0.4 is 0 Å². The average molecular weight is 123 g/mol. The molecule has 0 radical (unpaired) electrons. The van der Waals surface area contributed by atoms with Gasteiger partial charge >= 0.3 is 0 Å². The van der Waals surface area contributed by atoms with Gasteiger partial charge in [0.15, 0.2) is 0 Å². The fourth-order valence-electron chi connectivity index (χ4n) is 1.27. The van der Waals surface area contributed by atoms with Gasteiger partial charge in [0.05, 0.1) is 0 Å². The van der Waals surface area contributed by atoms with Gasteiger partial charge in [-0.05, 0) is 19.5 Å². The highest BCUT2D eigenvalue weighted by atomic mass is 15.1. The van der Waals surface area contributed by atoms with Crippen molar-refractivity contribution in [2.24, 2.45) is 0 Å². The van der Waals surface area contributed by atoms with Crippen LogP contribution in [0, 0.1) is 0 Å². The molecule has 1 aliphatic heterocycles. The number of hydrogen-bond donors (Lipinski definition) is 0. The van der Waals surface area contributed by atoms with Crippen LogP contribution in [0.25, 0.3) is 0 Å². The first-order valence-electron chi connectivity index (χ1n) is 3.22. The lowest BCUT2D eigenvalue weighted by molar-refractivity contribution is 0.387. The van der Waals surface area contributed by atoms with E-state index in [1.807, 2.05) is 0 Å². The molecule has 0 fully saturated rings. The minimum absolute atomic E-state index is 1.03. The summed E-state index contributed by atoms with van der Waals surface area (Å²) in [4.78, 5) is 2.26. The van der Waals surface area contributed by atoms with E-state index in [4.69, 9.17) is 0 Å². The van der Waals surface area contributed by atoms with E-state index in [0.717, 1.165) is 13.1 Å². The van der Waals surface area contributed by atoms with Crippen LogP contribution in [0.15, 0.2) is 23.8 Å². The summed E-state index contributed by atoms with van der Waals surface area (Å²) in [7, 11) is 2.11. The second-order valence-electron chi connectivity index (χ2n) is 2.82. The van der Waals surface area contributed by atoms with Crippen molar-refractivity contribution in [3.63, 3.8) is 0 Å². The number of rotatable bonds is 0. The van der Waals surface area contributed by atoms with E-state index in [9.17, 15) is 0 Å². The largest absolute Gasteiger partial charge is 0.298 e. The summed E-state index contributed by atoms with van der Waals surface area (Å²) >= 11 is 0. The predicted octanol–water partition coefficient (Wildman–Crippen LogP) is 1.43. The summed E-state index contributed by atoms with van der Waals surface area (Å²) in [6.07, 6.45) is 2.17. The standard InChI is InChI=1S/C8H13N/c1-7-4-8(2)6-9(3)5-7/h4H,1,5-6H2,2-3H3. The third-order valence-corrected chi connectivity index (χ3v) is 1.44. The minimum atomic E-state index is 1.03. The monoisotopic (exact) mass is 123 g/mol. The molecule has 0 atom stereocenters. The van der Waals surface area contributed by atoms with E-state index in [0.29, 0.717) is 0 Å². The van der Waals surface area contributed by atoms with E-state index in [1.54, 1.807) is 0 Å². The lowest BCUT2D eigenvalue weighted by Gasteiger charge is -2.22. The van der Waals surface area contributed by atoms with E-state index < -0.39 is 0 Å². The van der Waals surface area contributed by atoms with E-state index >= 15 is 0 Å². The molecule has 0 amide bonds. The minimum Gasteiger partial charge on any atom is -0.298 e. The first kappa shape index (κ1) is 6.56. The molecule has 0 aromatic rings. The Morgan fingerprint density at radius 2 is 2.22 bits per heavy atom. The van der Waals surface area contributed by atoms with Gasteiger partial charge in [0.25, 0.3) is 0 Å². The molecule has 0 aliphatic carbocycles. The van der Waals surface area contributed by atoms with Crippen molar-refractivity contribution in [1.29, 1.82) is 0 Å². The fourth-order valence-corrected chi connectivity index (χ4v) is 1.27. The molecule has 0 spiro atoms. The summed E-state index contributed by atoms with van der Waals surface area (Å²) < 4.78 is 0. The lowest BCUT2D eigenvalue weighted by Crippen LogP contribution is -2.25. The molecule has 0 saturated carbocycles. The van der Waals surface area contributed by atoms with Crippen LogP contribution in [-0.2, 0) is 0 Å². The first-order chi connectivity index (χ1) is 4.18. The molecule has 0 unspecified atom stereocenters. The van der Waals surface area contributed by atoms with Crippen LogP contribution >= 0.6 is 0 Å². The highest BCUT2D eigenvalue weighted by Gasteiger charge is 2.05. The lowest BCUT2D eigenvalue weighted by atomic mass is 10.1.